The summed E-state index contributed by atoms with van der Waals surface area (Å²) in [4.78, 5) is 16.9. The van der Waals surface area contributed by atoms with Gasteiger partial charge in [0.15, 0.2) is 5.82 Å². The molecule has 8 nitrogen and oxygen atoms in total. The molecule has 0 atom stereocenters. The Labute approximate surface area is 106 Å². The molecule has 0 unspecified atom stereocenters. The monoisotopic (exact) mass is 276 g/mol. The maximum atomic E-state index is 11.2. The lowest BCUT2D eigenvalue weighted by molar-refractivity contribution is -0.134. The molecule has 0 amide bonds. The number of hydrogen-bond donors (Lipinski definition) is 2. The van der Waals surface area contributed by atoms with Crippen LogP contribution in [-0.4, -0.2) is 42.8 Å². The zero-order valence-corrected chi connectivity index (χ0v) is 11.2. The molecule has 0 saturated carbocycles. The van der Waals surface area contributed by atoms with Gasteiger partial charge < -0.3 is 10.8 Å². The summed E-state index contributed by atoms with van der Waals surface area (Å²) in [6.07, 6.45) is 4.00. The normalized spacial score (nSPS) is 10.2. The molecule has 9 heteroatoms. The summed E-state index contributed by atoms with van der Waals surface area (Å²) in [5, 5.41) is 7.42. The fourth-order valence-electron chi connectivity index (χ4n) is 0.924. The Morgan fingerprint density at radius 3 is 2.28 bits per heavy atom. The maximum Gasteiger partial charge on any atom is 0.300 e. The first-order chi connectivity index (χ1) is 8.20. The average molecular weight is 276 g/mol. The molecule has 0 saturated heterocycles. The molecule has 0 aliphatic heterocycles. The van der Waals surface area contributed by atoms with E-state index in [0.717, 1.165) is 17.5 Å². The lowest BCUT2D eigenvalue weighted by atomic mass is 10.4. The van der Waals surface area contributed by atoms with Gasteiger partial charge in [-0.3, -0.25) is 14.1 Å². The second-order valence-electron chi connectivity index (χ2n) is 3.28. The van der Waals surface area contributed by atoms with Gasteiger partial charge in [0.2, 0.25) is 10.0 Å². The van der Waals surface area contributed by atoms with Crippen LogP contribution >= 0.6 is 0 Å². The molecule has 1 heterocycles. The van der Waals surface area contributed by atoms with Crippen molar-refractivity contribution in [2.24, 2.45) is 5.73 Å². The first-order valence-corrected chi connectivity index (χ1v) is 6.68. The van der Waals surface area contributed by atoms with Crippen LogP contribution in [0, 0.1) is 0 Å². The van der Waals surface area contributed by atoms with Crippen molar-refractivity contribution in [3.63, 3.8) is 0 Å². The minimum atomic E-state index is -3.31. The number of nitrogens with two attached hydrogens (primary N) is 1. The Balaban J connectivity index is 0.000000631. The molecule has 0 spiro atoms. The second-order valence-corrected chi connectivity index (χ2v) is 5.29. The zero-order valence-electron chi connectivity index (χ0n) is 10.4. The molecule has 0 aliphatic carbocycles. The van der Waals surface area contributed by atoms with Gasteiger partial charge in [-0.05, 0) is 0 Å². The summed E-state index contributed by atoms with van der Waals surface area (Å²) in [6, 6.07) is 0. The average Bonchev–Trinajstić information content (AvgIpc) is 2.26. The standard InChI is InChI=1S/C7H12N4O2S.C2H4O2/c1-11(14(2,12)13)7-6(5-8)9-3-4-10-7;1-2(3)4/h3-4H,5,8H2,1-2H3;1H3,(H,3,4). The third-order valence-electron chi connectivity index (χ3n) is 1.74. The third kappa shape index (κ3) is 5.55. The van der Waals surface area contributed by atoms with E-state index in [-0.39, 0.29) is 12.4 Å². The van der Waals surface area contributed by atoms with Crippen LogP contribution in [0.5, 0.6) is 0 Å². The van der Waals surface area contributed by atoms with Crippen molar-refractivity contribution in [3.8, 4) is 0 Å². The third-order valence-corrected chi connectivity index (χ3v) is 2.91. The van der Waals surface area contributed by atoms with Crippen molar-refractivity contribution in [2.75, 3.05) is 17.6 Å². The van der Waals surface area contributed by atoms with Gasteiger partial charge in [-0.1, -0.05) is 0 Å². The SMILES string of the molecule is CC(=O)O.CN(c1nccnc1CN)S(C)(=O)=O. The van der Waals surface area contributed by atoms with Gasteiger partial charge in [0.25, 0.3) is 5.97 Å². The van der Waals surface area contributed by atoms with Crippen molar-refractivity contribution in [1.82, 2.24) is 9.97 Å². The largest absolute Gasteiger partial charge is 0.481 e. The molecular weight excluding hydrogens is 260 g/mol. The van der Waals surface area contributed by atoms with E-state index in [1.54, 1.807) is 0 Å². The van der Waals surface area contributed by atoms with Gasteiger partial charge in [-0.15, -0.1) is 0 Å². The minimum absolute atomic E-state index is 0.156. The topological polar surface area (TPSA) is 126 Å². The molecule has 1 aromatic rings. The van der Waals surface area contributed by atoms with Crippen LogP contribution in [0.1, 0.15) is 12.6 Å². The number of nitrogens with zero attached hydrogens (tertiary/aromatic N) is 3. The summed E-state index contributed by atoms with van der Waals surface area (Å²) in [6.45, 7) is 1.24. The van der Waals surface area contributed by atoms with Gasteiger partial charge in [-0.2, -0.15) is 0 Å². The highest BCUT2D eigenvalue weighted by molar-refractivity contribution is 7.92. The second kappa shape index (κ2) is 6.87. The maximum absolute atomic E-state index is 11.2. The van der Waals surface area contributed by atoms with Gasteiger partial charge >= 0.3 is 0 Å². The van der Waals surface area contributed by atoms with Gasteiger partial charge in [0, 0.05) is 32.9 Å². The fourth-order valence-corrected chi connectivity index (χ4v) is 1.39. The van der Waals surface area contributed by atoms with Crippen molar-refractivity contribution >= 4 is 21.8 Å². The number of hydrogen-bond acceptors (Lipinski definition) is 6. The molecule has 1 aromatic heterocycles. The summed E-state index contributed by atoms with van der Waals surface area (Å²) < 4.78 is 23.5. The van der Waals surface area contributed by atoms with Crippen LogP contribution in [0.25, 0.3) is 0 Å². The highest BCUT2D eigenvalue weighted by atomic mass is 32.2. The Hall–Kier alpha value is -1.74. The van der Waals surface area contributed by atoms with Crippen molar-refractivity contribution in [3.05, 3.63) is 18.1 Å². The number of carboxylic acid groups (broad SMARTS) is 1. The van der Waals surface area contributed by atoms with Crippen LogP contribution in [0.3, 0.4) is 0 Å². The predicted molar refractivity (Wildman–Crippen MR) is 66.5 cm³/mol. The minimum Gasteiger partial charge on any atom is -0.481 e. The van der Waals surface area contributed by atoms with Crippen LogP contribution in [-0.2, 0) is 21.4 Å². The molecule has 0 radical (unpaired) electrons. The summed E-state index contributed by atoms with van der Waals surface area (Å²) in [5.41, 5.74) is 5.87. The van der Waals surface area contributed by atoms with E-state index in [1.807, 2.05) is 0 Å². The van der Waals surface area contributed by atoms with E-state index in [2.05, 4.69) is 9.97 Å². The van der Waals surface area contributed by atoms with E-state index in [9.17, 15) is 8.42 Å². The number of carboxylic acids is 1. The molecule has 0 aromatic carbocycles. The molecule has 102 valence electrons. The Bertz CT molecular complexity index is 499. The van der Waals surface area contributed by atoms with Crippen LogP contribution in [0.2, 0.25) is 0 Å². The quantitative estimate of drug-likeness (QED) is 0.756. The molecule has 0 fully saturated rings. The van der Waals surface area contributed by atoms with Crippen LogP contribution in [0.4, 0.5) is 5.82 Å². The predicted octanol–water partition coefficient (Wildman–Crippen LogP) is -0.578. The van der Waals surface area contributed by atoms with E-state index in [1.165, 1.54) is 19.4 Å². The summed E-state index contributed by atoms with van der Waals surface area (Å²) in [7, 11) is -1.90. The van der Waals surface area contributed by atoms with Gasteiger partial charge in [0.05, 0.1) is 11.9 Å². The van der Waals surface area contributed by atoms with Crippen molar-refractivity contribution in [2.45, 2.75) is 13.5 Å². The van der Waals surface area contributed by atoms with Crippen molar-refractivity contribution in [1.29, 1.82) is 0 Å². The smallest absolute Gasteiger partial charge is 0.300 e. The highest BCUT2D eigenvalue weighted by Gasteiger charge is 2.16. The number of rotatable bonds is 3. The Kier molecular flexibility index (Phi) is 6.20. The van der Waals surface area contributed by atoms with E-state index < -0.39 is 16.0 Å². The number of aliphatic carboxylic acids is 1. The lowest BCUT2D eigenvalue weighted by Crippen LogP contribution is -2.27. The molecule has 3 N–H and O–H groups in total. The summed E-state index contributed by atoms with van der Waals surface area (Å²) in [5.74, 6) is -0.558. The number of carbonyl (C=O) groups is 1. The summed E-state index contributed by atoms with van der Waals surface area (Å²) >= 11 is 0. The fraction of sp³-hybridized carbons (Fsp3) is 0.444. The van der Waals surface area contributed by atoms with E-state index >= 15 is 0 Å². The molecule has 0 bridgehead atoms. The molecule has 1 rings (SSSR count). The van der Waals surface area contributed by atoms with Gasteiger partial charge in [0.1, 0.15) is 0 Å². The van der Waals surface area contributed by atoms with Crippen LogP contribution < -0.4 is 10.0 Å². The highest BCUT2D eigenvalue weighted by Crippen LogP contribution is 2.14. The Morgan fingerprint density at radius 1 is 1.44 bits per heavy atom. The molecule has 0 aliphatic rings. The van der Waals surface area contributed by atoms with Gasteiger partial charge in [-0.25, -0.2) is 13.4 Å². The van der Waals surface area contributed by atoms with Crippen LogP contribution in [0.15, 0.2) is 12.4 Å². The number of anilines is 1. The molecule has 18 heavy (non-hydrogen) atoms. The van der Waals surface area contributed by atoms with E-state index in [0.29, 0.717) is 5.69 Å². The van der Waals surface area contributed by atoms with Crippen molar-refractivity contribution < 1.29 is 18.3 Å². The first-order valence-electron chi connectivity index (χ1n) is 4.83. The first kappa shape index (κ1) is 16.3. The lowest BCUT2D eigenvalue weighted by Gasteiger charge is -2.16. The zero-order chi connectivity index (χ0) is 14.3. The number of aromatic nitrogens is 2. The Morgan fingerprint density at radius 2 is 1.89 bits per heavy atom. The number of sulfonamides is 1. The molecular formula is C9H16N4O4S. The van der Waals surface area contributed by atoms with E-state index in [4.69, 9.17) is 15.6 Å².